The van der Waals surface area contributed by atoms with Crippen LogP contribution in [0, 0.1) is 0 Å². The van der Waals surface area contributed by atoms with Crippen molar-refractivity contribution in [3.05, 3.63) is 0 Å². The topological polar surface area (TPSA) is 43.4 Å². The molecule has 4 heteroatoms. The standard InChI is InChI=1S/C6H7ClO3/c7-5(8)3-4-1-2-6(9)10-4/h4H,1-3H2/t4-/m0/s1. The van der Waals surface area contributed by atoms with Crippen molar-refractivity contribution in [3.8, 4) is 0 Å². The molecule has 0 spiro atoms. The molecule has 0 radical (unpaired) electrons. The Kier molecular flexibility index (Phi) is 2.27. The molecule has 0 bridgehead atoms. The Morgan fingerprint density at radius 3 is 2.90 bits per heavy atom. The lowest BCUT2D eigenvalue weighted by Gasteiger charge is -2.03. The molecule has 10 heavy (non-hydrogen) atoms. The maximum absolute atomic E-state index is 10.5. The number of halogens is 1. The van der Waals surface area contributed by atoms with E-state index in [0.717, 1.165) is 0 Å². The zero-order chi connectivity index (χ0) is 7.56. The average molecular weight is 163 g/mol. The third kappa shape index (κ3) is 1.99. The van der Waals surface area contributed by atoms with Crippen LogP contribution in [0.15, 0.2) is 0 Å². The van der Waals surface area contributed by atoms with Crippen LogP contribution in [0.25, 0.3) is 0 Å². The first kappa shape index (κ1) is 7.54. The zero-order valence-corrected chi connectivity index (χ0v) is 6.06. The van der Waals surface area contributed by atoms with E-state index < -0.39 is 5.24 Å². The number of hydrogen-bond acceptors (Lipinski definition) is 3. The van der Waals surface area contributed by atoms with Gasteiger partial charge in [-0.15, -0.1) is 0 Å². The van der Waals surface area contributed by atoms with Crippen molar-refractivity contribution in [2.45, 2.75) is 25.4 Å². The smallest absolute Gasteiger partial charge is 0.306 e. The van der Waals surface area contributed by atoms with Crippen LogP contribution in [0.2, 0.25) is 0 Å². The number of hydrogen-bond donors (Lipinski definition) is 0. The van der Waals surface area contributed by atoms with E-state index in [1.165, 1.54) is 0 Å². The van der Waals surface area contributed by atoms with Crippen molar-refractivity contribution in [1.29, 1.82) is 0 Å². The van der Waals surface area contributed by atoms with Crippen LogP contribution in [0.3, 0.4) is 0 Å². The van der Waals surface area contributed by atoms with E-state index in [2.05, 4.69) is 0 Å². The SMILES string of the molecule is O=C(Cl)C[C@@H]1CCC(=O)O1. The molecule has 1 saturated heterocycles. The molecule has 0 N–H and O–H groups in total. The molecule has 1 heterocycles. The summed E-state index contributed by atoms with van der Waals surface area (Å²) in [6.45, 7) is 0. The molecule has 0 aromatic heterocycles. The number of rotatable bonds is 2. The second kappa shape index (κ2) is 3.01. The van der Waals surface area contributed by atoms with Crippen LogP contribution in [-0.2, 0) is 14.3 Å². The summed E-state index contributed by atoms with van der Waals surface area (Å²) in [6.07, 6.45) is 0.914. The van der Waals surface area contributed by atoms with Crippen molar-refractivity contribution in [1.82, 2.24) is 0 Å². The highest BCUT2D eigenvalue weighted by molar-refractivity contribution is 6.63. The van der Waals surface area contributed by atoms with E-state index >= 15 is 0 Å². The molecule has 0 aromatic carbocycles. The van der Waals surface area contributed by atoms with Gasteiger partial charge in [-0.05, 0) is 18.0 Å². The second-order valence-corrected chi connectivity index (χ2v) is 2.63. The molecule has 1 rings (SSSR count). The van der Waals surface area contributed by atoms with Gasteiger partial charge >= 0.3 is 5.97 Å². The third-order valence-electron chi connectivity index (χ3n) is 1.36. The number of ether oxygens (including phenoxy) is 1. The number of esters is 1. The minimum absolute atomic E-state index is 0.146. The predicted octanol–water partition coefficient (Wildman–Crippen LogP) is 0.847. The molecule has 0 aromatic rings. The van der Waals surface area contributed by atoms with Gasteiger partial charge in [-0.2, -0.15) is 0 Å². The Balaban J connectivity index is 2.31. The first-order valence-corrected chi connectivity index (χ1v) is 3.44. The van der Waals surface area contributed by atoms with Crippen LogP contribution in [0.4, 0.5) is 0 Å². The van der Waals surface area contributed by atoms with Gasteiger partial charge in [0.05, 0.1) is 6.42 Å². The molecular formula is C6H7ClO3. The lowest BCUT2D eigenvalue weighted by molar-refractivity contribution is -0.141. The van der Waals surface area contributed by atoms with E-state index in [1.807, 2.05) is 0 Å². The summed E-state index contributed by atoms with van der Waals surface area (Å²) in [4.78, 5) is 20.7. The highest BCUT2D eigenvalue weighted by atomic mass is 35.5. The lowest BCUT2D eigenvalue weighted by Crippen LogP contribution is -2.09. The zero-order valence-electron chi connectivity index (χ0n) is 5.30. The van der Waals surface area contributed by atoms with Crippen molar-refractivity contribution in [2.75, 3.05) is 0 Å². The average Bonchev–Trinajstić information content (AvgIpc) is 2.13. The number of carbonyl (C=O) groups excluding carboxylic acids is 2. The summed E-state index contributed by atoms with van der Waals surface area (Å²) >= 11 is 5.08. The summed E-state index contributed by atoms with van der Waals surface area (Å²) in [5.74, 6) is -0.233. The Labute approximate surface area is 63.3 Å². The first-order valence-electron chi connectivity index (χ1n) is 3.06. The number of carbonyl (C=O) groups is 2. The Morgan fingerprint density at radius 2 is 2.50 bits per heavy atom. The van der Waals surface area contributed by atoms with E-state index in [9.17, 15) is 9.59 Å². The molecule has 3 nitrogen and oxygen atoms in total. The normalized spacial score (nSPS) is 24.5. The van der Waals surface area contributed by atoms with Gasteiger partial charge in [-0.25, -0.2) is 0 Å². The number of cyclic esters (lactones) is 1. The fourth-order valence-electron chi connectivity index (χ4n) is 0.905. The second-order valence-electron chi connectivity index (χ2n) is 2.21. The van der Waals surface area contributed by atoms with E-state index in [4.69, 9.17) is 16.3 Å². The fraction of sp³-hybridized carbons (Fsp3) is 0.667. The maximum Gasteiger partial charge on any atom is 0.306 e. The van der Waals surface area contributed by atoms with E-state index in [-0.39, 0.29) is 18.5 Å². The van der Waals surface area contributed by atoms with E-state index in [1.54, 1.807) is 0 Å². The molecule has 0 amide bonds. The minimum atomic E-state index is -0.445. The Hall–Kier alpha value is -0.570. The molecule has 1 atom stereocenters. The summed E-state index contributed by atoms with van der Waals surface area (Å²) in [5, 5.41) is -0.445. The maximum atomic E-state index is 10.5. The molecule has 0 aliphatic carbocycles. The molecule has 0 saturated carbocycles. The Morgan fingerprint density at radius 1 is 1.80 bits per heavy atom. The molecule has 56 valence electrons. The van der Waals surface area contributed by atoms with Gasteiger partial charge in [0.25, 0.3) is 0 Å². The van der Waals surface area contributed by atoms with Gasteiger partial charge in [0.2, 0.25) is 5.24 Å². The van der Waals surface area contributed by atoms with Crippen LogP contribution >= 0.6 is 11.6 Å². The highest BCUT2D eigenvalue weighted by Gasteiger charge is 2.24. The summed E-state index contributed by atoms with van der Waals surface area (Å²) in [7, 11) is 0. The first-order chi connectivity index (χ1) is 4.68. The summed E-state index contributed by atoms with van der Waals surface area (Å²) in [5.41, 5.74) is 0. The lowest BCUT2D eigenvalue weighted by atomic mass is 10.2. The molecule has 0 unspecified atom stereocenters. The quantitative estimate of drug-likeness (QED) is 0.447. The monoisotopic (exact) mass is 162 g/mol. The molecule has 1 aliphatic heterocycles. The third-order valence-corrected chi connectivity index (χ3v) is 1.51. The van der Waals surface area contributed by atoms with Crippen molar-refractivity contribution in [2.24, 2.45) is 0 Å². The predicted molar refractivity (Wildman–Crippen MR) is 34.6 cm³/mol. The molecule has 1 fully saturated rings. The fourth-order valence-corrected chi connectivity index (χ4v) is 1.08. The van der Waals surface area contributed by atoms with Crippen LogP contribution < -0.4 is 0 Å². The van der Waals surface area contributed by atoms with Crippen LogP contribution in [-0.4, -0.2) is 17.3 Å². The van der Waals surface area contributed by atoms with Gasteiger partial charge < -0.3 is 4.74 Å². The van der Waals surface area contributed by atoms with Crippen molar-refractivity contribution < 1.29 is 14.3 Å². The van der Waals surface area contributed by atoms with Crippen molar-refractivity contribution in [3.63, 3.8) is 0 Å². The molecular weight excluding hydrogens is 156 g/mol. The van der Waals surface area contributed by atoms with Gasteiger partial charge in [0.1, 0.15) is 6.10 Å². The van der Waals surface area contributed by atoms with E-state index in [0.29, 0.717) is 12.8 Å². The largest absolute Gasteiger partial charge is 0.462 e. The minimum Gasteiger partial charge on any atom is -0.462 e. The van der Waals surface area contributed by atoms with Crippen LogP contribution in [0.5, 0.6) is 0 Å². The van der Waals surface area contributed by atoms with Gasteiger partial charge in [-0.1, -0.05) is 0 Å². The summed E-state index contributed by atoms with van der Waals surface area (Å²) < 4.78 is 4.73. The van der Waals surface area contributed by atoms with Gasteiger partial charge in [0, 0.05) is 6.42 Å². The van der Waals surface area contributed by atoms with Crippen LogP contribution in [0.1, 0.15) is 19.3 Å². The van der Waals surface area contributed by atoms with Crippen molar-refractivity contribution >= 4 is 22.8 Å². The Bertz CT molecular complexity index is 166. The van der Waals surface area contributed by atoms with Gasteiger partial charge in [-0.3, -0.25) is 9.59 Å². The van der Waals surface area contributed by atoms with Gasteiger partial charge in [0.15, 0.2) is 0 Å². The molecule has 1 aliphatic rings. The summed E-state index contributed by atoms with van der Waals surface area (Å²) in [6, 6.07) is 0. The highest BCUT2D eigenvalue weighted by Crippen LogP contribution is 2.17.